The summed E-state index contributed by atoms with van der Waals surface area (Å²) in [7, 11) is 0. The van der Waals surface area contributed by atoms with Crippen LogP contribution in [0.2, 0.25) is 0 Å². The van der Waals surface area contributed by atoms with Crippen molar-refractivity contribution in [2.75, 3.05) is 13.1 Å². The van der Waals surface area contributed by atoms with Crippen molar-refractivity contribution in [1.29, 1.82) is 0 Å². The Morgan fingerprint density at radius 2 is 2.22 bits per heavy atom. The van der Waals surface area contributed by atoms with Gasteiger partial charge in [-0.1, -0.05) is 31.3 Å². The molecule has 1 aromatic carbocycles. The number of hydrogen-bond acceptors (Lipinski definition) is 2. The summed E-state index contributed by atoms with van der Waals surface area (Å²) in [6.45, 7) is 4.81. The van der Waals surface area contributed by atoms with Gasteiger partial charge in [0.25, 0.3) is 0 Å². The van der Waals surface area contributed by atoms with E-state index >= 15 is 0 Å². The quantitative estimate of drug-likeness (QED) is 0.803. The van der Waals surface area contributed by atoms with Crippen LogP contribution >= 0.6 is 12.2 Å². The van der Waals surface area contributed by atoms with E-state index < -0.39 is 0 Å². The maximum absolute atomic E-state index is 13.9. The van der Waals surface area contributed by atoms with E-state index in [1.54, 1.807) is 12.1 Å². The van der Waals surface area contributed by atoms with Crippen LogP contribution in [0.5, 0.6) is 0 Å². The third-order valence-corrected chi connectivity index (χ3v) is 3.63. The van der Waals surface area contributed by atoms with E-state index in [0.717, 1.165) is 24.6 Å². The molecule has 0 aliphatic heterocycles. The lowest BCUT2D eigenvalue weighted by molar-refractivity contribution is 0.264. The number of benzene rings is 1. The first-order valence-electron chi connectivity index (χ1n) is 6.40. The van der Waals surface area contributed by atoms with Crippen molar-refractivity contribution in [3.8, 4) is 0 Å². The molecule has 0 radical (unpaired) electrons. The molecule has 1 aliphatic rings. The van der Waals surface area contributed by atoms with Gasteiger partial charge in [0.15, 0.2) is 0 Å². The first kappa shape index (κ1) is 13.4. The molecule has 0 amide bonds. The van der Waals surface area contributed by atoms with Crippen LogP contribution in [-0.2, 0) is 6.54 Å². The molecule has 1 saturated carbocycles. The number of nitrogens with two attached hydrogens (primary N) is 1. The number of thiocarbonyl (C=S) groups is 1. The van der Waals surface area contributed by atoms with Gasteiger partial charge in [0.05, 0.1) is 0 Å². The summed E-state index contributed by atoms with van der Waals surface area (Å²) in [6, 6.07) is 5.02. The van der Waals surface area contributed by atoms with Gasteiger partial charge in [0.2, 0.25) is 0 Å². The van der Waals surface area contributed by atoms with Gasteiger partial charge in [-0.25, -0.2) is 4.39 Å². The van der Waals surface area contributed by atoms with Crippen LogP contribution in [0.1, 0.15) is 30.9 Å². The highest BCUT2D eigenvalue weighted by Gasteiger charge is 2.24. The van der Waals surface area contributed by atoms with Crippen molar-refractivity contribution >= 4 is 17.2 Å². The summed E-state index contributed by atoms with van der Waals surface area (Å²) in [5, 5.41) is 0. The molecule has 0 aromatic heterocycles. The number of hydrogen-bond donors (Lipinski definition) is 1. The van der Waals surface area contributed by atoms with Crippen LogP contribution < -0.4 is 5.73 Å². The largest absolute Gasteiger partial charge is 0.389 e. The van der Waals surface area contributed by atoms with E-state index in [1.807, 2.05) is 0 Å². The topological polar surface area (TPSA) is 29.3 Å². The van der Waals surface area contributed by atoms with Crippen LogP contribution in [0.3, 0.4) is 0 Å². The number of rotatable bonds is 6. The average Bonchev–Trinajstić information content (AvgIpc) is 3.14. The molecule has 0 spiro atoms. The van der Waals surface area contributed by atoms with Gasteiger partial charge in [0, 0.05) is 24.2 Å². The summed E-state index contributed by atoms with van der Waals surface area (Å²) < 4.78 is 13.9. The van der Waals surface area contributed by atoms with Crippen molar-refractivity contribution < 1.29 is 4.39 Å². The third-order valence-electron chi connectivity index (χ3n) is 3.39. The fourth-order valence-corrected chi connectivity index (χ4v) is 2.17. The van der Waals surface area contributed by atoms with Crippen LogP contribution in [0.15, 0.2) is 18.2 Å². The zero-order valence-corrected chi connectivity index (χ0v) is 11.5. The average molecular weight is 266 g/mol. The lowest BCUT2D eigenvalue weighted by Crippen LogP contribution is -2.25. The Balaban J connectivity index is 2.05. The third kappa shape index (κ3) is 3.50. The lowest BCUT2D eigenvalue weighted by atomic mass is 10.1. The fraction of sp³-hybridized carbons (Fsp3) is 0.500. The van der Waals surface area contributed by atoms with Crippen molar-refractivity contribution in [2.45, 2.75) is 26.3 Å². The van der Waals surface area contributed by atoms with E-state index in [-0.39, 0.29) is 10.8 Å². The summed E-state index contributed by atoms with van der Waals surface area (Å²) in [5.74, 6) is 0.610. The number of nitrogens with zero attached hydrogens (tertiary/aromatic N) is 1. The maximum atomic E-state index is 13.9. The molecule has 1 aliphatic carbocycles. The Kier molecular flexibility index (Phi) is 4.30. The highest BCUT2D eigenvalue weighted by Crippen LogP contribution is 2.30. The SMILES string of the molecule is CCN(Cc1ccc(C(N)=S)cc1F)CC1CC1. The highest BCUT2D eigenvalue weighted by molar-refractivity contribution is 7.80. The summed E-state index contributed by atoms with van der Waals surface area (Å²) >= 11 is 4.84. The normalized spacial score (nSPS) is 15.1. The summed E-state index contributed by atoms with van der Waals surface area (Å²) in [6.07, 6.45) is 2.64. The van der Waals surface area contributed by atoms with Crippen molar-refractivity contribution in [1.82, 2.24) is 4.90 Å². The predicted molar refractivity (Wildman–Crippen MR) is 76.0 cm³/mol. The minimum absolute atomic E-state index is 0.213. The molecule has 18 heavy (non-hydrogen) atoms. The van der Waals surface area contributed by atoms with Gasteiger partial charge < -0.3 is 5.73 Å². The molecular weight excluding hydrogens is 247 g/mol. The zero-order chi connectivity index (χ0) is 13.1. The standard InChI is InChI=1S/C14H19FN2S/c1-2-17(8-10-3-4-10)9-12-6-5-11(14(16)18)7-13(12)15/h5-7,10H,2-4,8-9H2,1H3,(H2,16,18). The van der Waals surface area contributed by atoms with Gasteiger partial charge in [-0.15, -0.1) is 0 Å². The first-order valence-corrected chi connectivity index (χ1v) is 6.81. The molecule has 4 heteroatoms. The monoisotopic (exact) mass is 266 g/mol. The van der Waals surface area contributed by atoms with Gasteiger partial charge in [-0.05, 0) is 31.4 Å². The molecule has 0 unspecified atom stereocenters. The minimum atomic E-state index is -0.213. The molecular formula is C14H19FN2S. The molecule has 2 nitrogen and oxygen atoms in total. The lowest BCUT2D eigenvalue weighted by Gasteiger charge is -2.20. The Bertz CT molecular complexity index is 443. The second-order valence-electron chi connectivity index (χ2n) is 4.94. The Morgan fingerprint density at radius 3 is 2.72 bits per heavy atom. The first-order chi connectivity index (χ1) is 8.60. The molecule has 1 aromatic rings. The molecule has 0 bridgehead atoms. The summed E-state index contributed by atoms with van der Waals surface area (Å²) in [5.41, 5.74) is 6.80. The molecule has 0 heterocycles. The van der Waals surface area contributed by atoms with Crippen LogP contribution in [0, 0.1) is 11.7 Å². The smallest absolute Gasteiger partial charge is 0.128 e. The Morgan fingerprint density at radius 1 is 1.50 bits per heavy atom. The van der Waals surface area contributed by atoms with E-state index in [4.69, 9.17) is 18.0 Å². The molecule has 0 atom stereocenters. The van der Waals surface area contributed by atoms with Crippen LogP contribution in [-0.4, -0.2) is 23.0 Å². The Hall–Kier alpha value is -1.00. The second-order valence-corrected chi connectivity index (χ2v) is 5.38. The Labute approximate surface area is 113 Å². The van der Waals surface area contributed by atoms with Crippen molar-refractivity contribution in [3.05, 3.63) is 35.1 Å². The van der Waals surface area contributed by atoms with Gasteiger partial charge in [-0.3, -0.25) is 4.90 Å². The highest BCUT2D eigenvalue weighted by atomic mass is 32.1. The summed E-state index contributed by atoms with van der Waals surface area (Å²) in [4.78, 5) is 2.53. The zero-order valence-electron chi connectivity index (χ0n) is 10.7. The van der Waals surface area contributed by atoms with Crippen LogP contribution in [0.4, 0.5) is 4.39 Å². The molecule has 2 N–H and O–H groups in total. The van der Waals surface area contributed by atoms with E-state index in [0.29, 0.717) is 12.1 Å². The van der Waals surface area contributed by atoms with Gasteiger partial charge >= 0.3 is 0 Å². The van der Waals surface area contributed by atoms with Gasteiger partial charge in [-0.2, -0.15) is 0 Å². The maximum Gasteiger partial charge on any atom is 0.128 e. The second kappa shape index (κ2) is 5.76. The van der Waals surface area contributed by atoms with E-state index in [2.05, 4.69) is 11.8 Å². The van der Waals surface area contributed by atoms with E-state index in [1.165, 1.54) is 18.9 Å². The van der Waals surface area contributed by atoms with Gasteiger partial charge in [0.1, 0.15) is 10.8 Å². The molecule has 1 fully saturated rings. The predicted octanol–water partition coefficient (Wildman–Crippen LogP) is 2.69. The minimum Gasteiger partial charge on any atom is -0.389 e. The molecule has 98 valence electrons. The van der Waals surface area contributed by atoms with Crippen molar-refractivity contribution in [3.63, 3.8) is 0 Å². The molecule has 0 saturated heterocycles. The number of halogens is 1. The van der Waals surface area contributed by atoms with E-state index in [9.17, 15) is 4.39 Å². The van der Waals surface area contributed by atoms with Crippen LogP contribution in [0.25, 0.3) is 0 Å². The fourth-order valence-electron chi connectivity index (χ4n) is 2.04. The molecule has 2 rings (SSSR count). The van der Waals surface area contributed by atoms with Crippen molar-refractivity contribution in [2.24, 2.45) is 11.7 Å².